The molecule has 2 aromatic rings. The molecule has 0 saturated heterocycles. The third kappa shape index (κ3) is 5.06. The van der Waals surface area contributed by atoms with Gasteiger partial charge in [-0.2, -0.15) is 0 Å². The first kappa shape index (κ1) is 19.0. The summed E-state index contributed by atoms with van der Waals surface area (Å²) in [4.78, 5) is 12.3. The Morgan fingerprint density at radius 2 is 1.92 bits per heavy atom. The Bertz CT molecular complexity index is 880. The van der Waals surface area contributed by atoms with Crippen LogP contribution >= 0.6 is 0 Å². The van der Waals surface area contributed by atoms with Crippen molar-refractivity contribution in [3.63, 3.8) is 0 Å². The molecule has 0 atom stereocenters. The number of carbonyl (C=O) groups is 1. The Labute approximate surface area is 147 Å². The molecule has 2 rings (SSSR count). The molecule has 0 aliphatic rings. The average Bonchev–Trinajstić information content (AvgIpc) is 2.93. The molecule has 0 fully saturated rings. The highest BCUT2D eigenvalue weighted by Crippen LogP contribution is 2.24. The Morgan fingerprint density at radius 1 is 1.24 bits per heavy atom. The molecular weight excluding hydrogens is 342 g/mol. The Morgan fingerprint density at radius 3 is 2.48 bits per heavy atom. The van der Waals surface area contributed by atoms with E-state index in [-0.39, 0.29) is 28.6 Å². The van der Waals surface area contributed by atoms with Gasteiger partial charge in [0.1, 0.15) is 0 Å². The van der Waals surface area contributed by atoms with Gasteiger partial charge in [0.15, 0.2) is 9.84 Å². The van der Waals surface area contributed by atoms with Crippen molar-refractivity contribution in [3.8, 4) is 0 Å². The maximum Gasteiger partial charge on any atom is 0.246 e. The van der Waals surface area contributed by atoms with Crippen LogP contribution in [-0.2, 0) is 20.0 Å². The Hall–Kier alpha value is -2.35. The first-order chi connectivity index (χ1) is 11.5. The molecule has 0 aliphatic heterocycles. The summed E-state index contributed by atoms with van der Waals surface area (Å²) in [6.07, 6.45) is 1.14. The fraction of sp³-hybridized carbons (Fsp3) is 0.412. The van der Waals surface area contributed by atoms with Crippen molar-refractivity contribution in [2.45, 2.75) is 38.0 Å². The number of nitrogens with one attached hydrogen (secondary N) is 2. The molecule has 0 aliphatic carbocycles. The number of aromatic nitrogens is 1. The van der Waals surface area contributed by atoms with Crippen LogP contribution in [-0.4, -0.2) is 32.3 Å². The maximum absolute atomic E-state index is 12.1. The van der Waals surface area contributed by atoms with Crippen molar-refractivity contribution in [1.29, 1.82) is 0 Å². The van der Waals surface area contributed by atoms with E-state index in [2.05, 4.69) is 15.8 Å². The van der Waals surface area contributed by atoms with Crippen molar-refractivity contribution in [1.82, 2.24) is 5.16 Å². The van der Waals surface area contributed by atoms with Crippen LogP contribution in [0, 0.1) is 6.92 Å². The number of carbonyl (C=O) groups excluding carboxylic acids is 1. The van der Waals surface area contributed by atoms with Gasteiger partial charge in [0.05, 0.1) is 17.1 Å². The van der Waals surface area contributed by atoms with Gasteiger partial charge in [0, 0.05) is 23.4 Å². The quantitative estimate of drug-likeness (QED) is 0.845. The molecule has 0 bridgehead atoms. The van der Waals surface area contributed by atoms with E-state index in [0.29, 0.717) is 5.69 Å². The highest BCUT2D eigenvalue weighted by Gasteiger charge is 2.19. The van der Waals surface area contributed by atoms with Crippen LogP contribution in [0.3, 0.4) is 0 Å². The summed E-state index contributed by atoms with van der Waals surface area (Å²) >= 11 is 0. The van der Waals surface area contributed by atoms with Gasteiger partial charge in [0.2, 0.25) is 11.8 Å². The smallest absolute Gasteiger partial charge is 0.246 e. The SMILES string of the molecule is Cc1ccc(S(C)(=O)=O)cc1NCC(=O)Nc1cc(C(C)(C)C)no1. The fourth-order valence-electron chi connectivity index (χ4n) is 2.07. The number of anilines is 2. The number of hydrogen-bond donors (Lipinski definition) is 2. The summed E-state index contributed by atoms with van der Waals surface area (Å²) in [6.45, 7) is 7.79. The molecule has 25 heavy (non-hydrogen) atoms. The predicted molar refractivity (Wildman–Crippen MR) is 96.6 cm³/mol. The number of aryl methyl sites for hydroxylation is 1. The van der Waals surface area contributed by atoms with Crippen LogP contribution in [0.25, 0.3) is 0 Å². The van der Waals surface area contributed by atoms with Gasteiger partial charge in [-0.25, -0.2) is 8.42 Å². The summed E-state index contributed by atoms with van der Waals surface area (Å²) < 4.78 is 28.4. The monoisotopic (exact) mass is 365 g/mol. The van der Waals surface area contributed by atoms with Gasteiger partial charge >= 0.3 is 0 Å². The minimum atomic E-state index is -3.30. The van der Waals surface area contributed by atoms with Gasteiger partial charge in [-0.15, -0.1) is 0 Å². The largest absolute Gasteiger partial charge is 0.376 e. The van der Waals surface area contributed by atoms with Crippen LogP contribution in [0.2, 0.25) is 0 Å². The maximum atomic E-state index is 12.1. The summed E-state index contributed by atoms with van der Waals surface area (Å²) in [5.41, 5.74) is 2.00. The van der Waals surface area contributed by atoms with E-state index in [9.17, 15) is 13.2 Å². The normalized spacial score (nSPS) is 12.0. The molecule has 0 spiro atoms. The lowest BCUT2D eigenvalue weighted by Gasteiger charge is -2.12. The third-order valence-corrected chi connectivity index (χ3v) is 4.73. The zero-order valence-corrected chi connectivity index (χ0v) is 15.8. The Balaban J connectivity index is 2.02. The molecule has 1 amide bonds. The van der Waals surface area contributed by atoms with Gasteiger partial charge in [0.25, 0.3) is 0 Å². The zero-order valence-electron chi connectivity index (χ0n) is 15.0. The van der Waals surface area contributed by atoms with E-state index in [1.807, 2.05) is 27.7 Å². The van der Waals surface area contributed by atoms with E-state index in [0.717, 1.165) is 17.5 Å². The van der Waals surface area contributed by atoms with E-state index < -0.39 is 9.84 Å². The minimum absolute atomic E-state index is 0.0282. The third-order valence-electron chi connectivity index (χ3n) is 3.62. The number of rotatable bonds is 5. The summed E-state index contributed by atoms with van der Waals surface area (Å²) in [7, 11) is -3.30. The number of hydrogen-bond acceptors (Lipinski definition) is 6. The van der Waals surface area contributed by atoms with Crippen molar-refractivity contribution in [2.75, 3.05) is 23.4 Å². The van der Waals surface area contributed by atoms with E-state index in [4.69, 9.17) is 4.52 Å². The van der Waals surface area contributed by atoms with Crippen molar-refractivity contribution in [3.05, 3.63) is 35.5 Å². The Kier molecular flexibility index (Phi) is 5.22. The fourth-order valence-corrected chi connectivity index (χ4v) is 2.71. The molecule has 1 aromatic heterocycles. The van der Waals surface area contributed by atoms with Gasteiger partial charge in [-0.1, -0.05) is 32.0 Å². The topological polar surface area (TPSA) is 101 Å². The molecule has 7 nitrogen and oxygen atoms in total. The van der Waals surface area contributed by atoms with E-state index in [1.54, 1.807) is 18.2 Å². The molecule has 1 heterocycles. The zero-order chi connectivity index (χ0) is 18.8. The number of benzene rings is 1. The van der Waals surface area contributed by atoms with Gasteiger partial charge in [-0.3, -0.25) is 10.1 Å². The molecule has 0 saturated carbocycles. The molecular formula is C17H23N3O4S. The first-order valence-electron chi connectivity index (χ1n) is 7.78. The lowest BCUT2D eigenvalue weighted by Crippen LogP contribution is -2.22. The van der Waals surface area contributed by atoms with Crippen molar-refractivity contribution < 1.29 is 17.7 Å². The van der Waals surface area contributed by atoms with E-state index in [1.165, 1.54) is 6.07 Å². The van der Waals surface area contributed by atoms with Crippen LogP contribution in [0.15, 0.2) is 33.7 Å². The second-order valence-electron chi connectivity index (χ2n) is 6.98. The van der Waals surface area contributed by atoms with Crippen LogP contribution in [0.5, 0.6) is 0 Å². The predicted octanol–water partition coefficient (Wildman–Crippen LogP) is 2.73. The first-order valence-corrected chi connectivity index (χ1v) is 9.67. The standard InChI is InChI=1S/C17H23N3O4S/c1-11-6-7-12(25(5,22)23)8-13(11)18-10-15(21)19-16-9-14(20-24-16)17(2,3)4/h6-9,18H,10H2,1-5H3,(H,19,21). The summed E-state index contributed by atoms with van der Waals surface area (Å²) in [5, 5.41) is 9.50. The molecule has 2 N–H and O–H groups in total. The second-order valence-corrected chi connectivity index (χ2v) is 8.99. The van der Waals surface area contributed by atoms with Crippen molar-refractivity contribution in [2.24, 2.45) is 0 Å². The van der Waals surface area contributed by atoms with Gasteiger partial charge in [-0.05, 0) is 24.6 Å². The average molecular weight is 365 g/mol. The highest BCUT2D eigenvalue weighted by molar-refractivity contribution is 7.90. The van der Waals surface area contributed by atoms with Crippen molar-refractivity contribution >= 4 is 27.3 Å². The number of sulfone groups is 1. The second kappa shape index (κ2) is 6.87. The molecule has 0 radical (unpaired) electrons. The highest BCUT2D eigenvalue weighted by atomic mass is 32.2. The molecule has 1 aromatic carbocycles. The van der Waals surface area contributed by atoms with Gasteiger partial charge < -0.3 is 9.84 Å². The molecule has 136 valence electrons. The minimum Gasteiger partial charge on any atom is -0.376 e. The molecule has 8 heteroatoms. The lowest BCUT2D eigenvalue weighted by molar-refractivity contribution is -0.114. The number of nitrogens with zero attached hydrogens (tertiary/aromatic N) is 1. The summed E-state index contributed by atoms with van der Waals surface area (Å²) in [6, 6.07) is 6.44. The van der Waals surface area contributed by atoms with Crippen LogP contribution in [0.4, 0.5) is 11.6 Å². The molecule has 0 unspecified atom stereocenters. The lowest BCUT2D eigenvalue weighted by atomic mass is 9.92. The van der Waals surface area contributed by atoms with E-state index >= 15 is 0 Å². The number of amides is 1. The van der Waals surface area contributed by atoms with Crippen LogP contribution < -0.4 is 10.6 Å². The summed E-state index contributed by atoms with van der Waals surface area (Å²) in [5.74, 6) is -0.0425. The van der Waals surface area contributed by atoms with Crippen LogP contribution in [0.1, 0.15) is 32.0 Å².